The third-order valence-corrected chi connectivity index (χ3v) is 3.37. The maximum absolute atomic E-state index is 11.8. The number of ether oxygens (including phenoxy) is 2. The number of methoxy groups -OCH3 is 2. The van der Waals surface area contributed by atoms with E-state index in [-0.39, 0.29) is 12.5 Å². The molecule has 8 heteroatoms. The molecular weight excluding hydrogens is 292 g/mol. The smallest absolute Gasteiger partial charge is 0.245 e. The van der Waals surface area contributed by atoms with Crippen LogP contribution < -0.4 is 20.1 Å². The molecule has 0 saturated heterocycles. The van der Waals surface area contributed by atoms with E-state index in [4.69, 9.17) is 9.47 Å². The molecule has 0 bridgehead atoms. The summed E-state index contributed by atoms with van der Waals surface area (Å²) in [4.78, 5) is 11.8. The molecule has 1 amide bonds. The third kappa shape index (κ3) is 4.06. The lowest BCUT2D eigenvalue weighted by Gasteiger charge is -2.12. The average molecular weight is 308 g/mol. The van der Waals surface area contributed by atoms with Crippen LogP contribution in [0.15, 0.2) is 18.2 Å². The Balaban J connectivity index is 1.94. The van der Waals surface area contributed by atoms with Crippen molar-refractivity contribution < 1.29 is 14.3 Å². The van der Waals surface area contributed by atoms with Crippen molar-refractivity contribution in [1.29, 1.82) is 0 Å². The number of benzene rings is 1. The van der Waals surface area contributed by atoms with Gasteiger partial charge < -0.3 is 14.8 Å². The van der Waals surface area contributed by atoms with Gasteiger partial charge in [0.25, 0.3) is 0 Å². The highest BCUT2D eigenvalue weighted by molar-refractivity contribution is 7.15. The van der Waals surface area contributed by atoms with Crippen LogP contribution in [0.1, 0.15) is 5.01 Å². The molecular formula is C13H16N4O3S. The summed E-state index contributed by atoms with van der Waals surface area (Å²) in [6.45, 7) is 1.93. The fourth-order valence-corrected chi connectivity index (χ4v) is 2.24. The topological polar surface area (TPSA) is 85.4 Å². The molecule has 1 aromatic carbocycles. The molecule has 0 aliphatic carbocycles. The molecule has 0 fully saturated rings. The number of anilines is 2. The highest BCUT2D eigenvalue weighted by Crippen LogP contribution is 2.28. The second-order valence-electron chi connectivity index (χ2n) is 4.09. The van der Waals surface area contributed by atoms with Crippen LogP contribution in [-0.4, -0.2) is 36.9 Å². The minimum Gasteiger partial charge on any atom is -0.497 e. The number of aromatic nitrogens is 2. The van der Waals surface area contributed by atoms with Gasteiger partial charge in [-0.3, -0.25) is 10.1 Å². The SMILES string of the molecule is COc1ccc(NCC(=O)Nc2nnc(C)s2)c(OC)c1. The van der Waals surface area contributed by atoms with Gasteiger partial charge in [-0.2, -0.15) is 0 Å². The first-order chi connectivity index (χ1) is 10.1. The van der Waals surface area contributed by atoms with E-state index in [1.165, 1.54) is 11.3 Å². The minimum atomic E-state index is -0.205. The number of hydrogen-bond acceptors (Lipinski definition) is 7. The van der Waals surface area contributed by atoms with Gasteiger partial charge in [0.05, 0.1) is 26.5 Å². The second-order valence-corrected chi connectivity index (χ2v) is 5.28. The van der Waals surface area contributed by atoms with Gasteiger partial charge in [-0.15, -0.1) is 10.2 Å². The summed E-state index contributed by atoms with van der Waals surface area (Å²) in [5.74, 6) is 1.09. The number of aryl methyl sites for hydroxylation is 1. The van der Waals surface area contributed by atoms with Crippen molar-refractivity contribution in [2.75, 3.05) is 31.4 Å². The molecule has 2 N–H and O–H groups in total. The van der Waals surface area contributed by atoms with Crippen LogP contribution in [0.3, 0.4) is 0 Å². The molecule has 1 aromatic heterocycles. The number of nitrogens with zero attached hydrogens (tertiary/aromatic N) is 2. The Kier molecular flexibility index (Phi) is 4.94. The van der Waals surface area contributed by atoms with E-state index in [0.717, 1.165) is 5.01 Å². The lowest BCUT2D eigenvalue weighted by Crippen LogP contribution is -2.21. The normalized spacial score (nSPS) is 10.0. The van der Waals surface area contributed by atoms with Gasteiger partial charge in [-0.05, 0) is 19.1 Å². The van der Waals surface area contributed by atoms with Crippen LogP contribution in [0.5, 0.6) is 11.5 Å². The van der Waals surface area contributed by atoms with Gasteiger partial charge in [0.2, 0.25) is 11.0 Å². The zero-order valence-corrected chi connectivity index (χ0v) is 12.8. The first kappa shape index (κ1) is 15.0. The summed E-state index contributed by atoms with van der Waals surface area (Å²) < 4.78 is 10.4. The lowest BCUT2D eigenvalue weighted by molar-refractivity contribution is -0.114. The Morgan fingerprint density at radius 1 is 1.29 bits per heavy atom. The van der Waals surface area contributed by atoms with E-state index in [2.05, 4.69) is 20.8 Å². The highest BCUT2D eigenvalue weighted by Gasteiger charge is 2.09. The van der Waals surface area contributed by atoms with Gasteiger partial charge in [0.1, 0.15) is 16.5 Å². The summed E-state index contributed by atoms with van der Waals surface area (Å²) in [6.07, 6.45) is 0. The van der Waals surface area contributed by atoms with Gasteiger partial charge in [-0.25, -0.2) is 0 Å². The summed E-state index contributed by atoms with van der Waals surface area (Å²) >= 11 is 1.33. The zero-order valence-electron chi connectivity index (χ0n) is 12.0. The Hall–Kier alpha value is -2.35. The molecule has 0 aliphatic rings. The first-order valence-electron chi connectivity index (χ1n) is 6.18. The molecule has 2 rings (SSSR count). The maximum atomic E-state index is 11.8. The fraction of sp³-hybridized carbons (Fsp3) is 0.308. The minimum absolute atomic E-state index is 0.0985. The van der Waals surface area contributed by atoms with Crippen molar-refractivity contribution in [3.05, 3.63) is 23.2 Å². The van der Waals surface area contributed by atoms with Crippen LogP contribution in [0, 0.1) is 6.92 Å². The number of carbonyl (C=O) groups excluding carboxylic acids is 1. The molecule has 2 aromatic rings. The molecule has 0 radical (unpaired) electrons. The lowest BCUT2D eigenvalue weighted by atomic mass is 10.2. The van der Waals surface area contributed by atoms with Crippen LogP contribution in [-0.2, 0) is 4.79 Å². The highest BCUT2D eigenvalue weighted by atomic mass is 32.1. The molecule has 0 saturated carbocycles. The van der Waals surface area contributed by atoms with Crippen molar-refractivity contribution in [3.8, 4) is 11.5 Å². The zero-order chi connectivity index (χ0) is 15.2. The quantitative estimate of drug-likeness (QED) is 0.848. The fourth-order valence-electron chi connectivity index (χ4n) is 1.63. The van der Waals surface area contributed by atoms with Gasteiger partial charge in [-0.1, -0.05) is 11.3 Å². The van der Waals surface area contributed by atoms with Crippen LogP contribution in [0.2, 0.25) is 0 Å². The summed E-state index contributed by atoms with van der Waals surface area (Å²) in [5, 5.41) is 14.6. The molecule has 1 heterocycles. The van der Waals surface area contributed by atoms with E-state index in [0.29, 0.717) is 22.3 Å². The Labute approximate surface area is 126 Å². The van der Waals surface area contributed by atoms with Crippen LogP contribution >= 0.6 is 11.3 Å². The van der Waals surface area contributed by atoms with Crippen molar-refractivity contribution in [3.63, 3.8) is 0 Å². The van der Waals surface area contributed by atoms with Gasteiger partial charge in [0, 0.05) is 6.07 Å². The van der Waals surface area contributed by atoms with E-state index >= 15 is 0 Å². The maximum Gasteiger partial charge on any atom is 0.245 e. The predicted octanol–water partition coefficient (Wildman–Crippen LogP) is 1.91. The molecule has 0 aliphatic heterocycles. The van der Waals surface area contributed by atoms with E-state index in [1.807, 2.05) is 6.92 Å². The number of carbonyl (C=O) groups is 1. The standard InChI is InChI=1S/C13H16N4O3S/c1-8-16-17-13(21-8)15-12(18)7-14-10-5-4-9(19-2)6-11(10)20-3/h4-6,14H,7H2,1-3H3,(H,15,17,18). The van der Waals surface area contributed by atoms with Crippen molar-refractivity contribution >= 4 is 28.1 Å². The van der Waals surface area contributed by atoms with E-state index < -0.39 is 0 Å². The number of rotatable bonds is 6. The van der Waals surface area contributed by atoms with E-state index in [9.17, 15) is 4.79 Å². The number of nitrogens with one attached hydrogen (secondary N) is 2. The Bertz CT molecular complexity index is 630. The summed E-state index contributed by atoms with van der Waals surface area (Å²) in [7, 11) is 3.14. The van der Waals surface area contributed by atoms with Crippen molar-refractivity contribution in [2.24, 2.45) is 0 Å². The van der Waals surface area contributed by atoms with Crippen LogP contribution in [0.25, 0.3) is 0 Å². The number of hydrogen-bond donors (Lipinski definition) is 2. The molecule has 0 spiro atoms. The molecule has 21 heavy (non-hydrogen) atoms. The van der Waals surface area contributed by atoms with Gasteiger partial charge >= 0.3 is 0 Å². The molecule has 0 atom stereocenters. The third-order valence-electron chi connectivity index (χ3n) is 2.62. The van der Waals surface area contributed by atoms with Crippen molar-refractivity contribution in [1.82, 2.24) is 10.2 Å². The molecule has 7 nitrogen and oxygen atoms in total. The summed E-state index contributed by atoms with van der Waals surface area (Å²) in [5.41, 5.74) is 0.710. The molecule has 112 valence electrons. The first-order valence-corrected chi connectivity index (χ1v) is 7.00. The van der Waals surface area contributed by atoms with E-state index in [1.54, 1.807) is 32.4 Å². The van der Waals surface area contributed by atoms with Crippen molar-refractivity contribution in [2.45, 2.75) is 6.92 Å². The largest absolute Gasteiger partial charge is 0.497 e. The summed E-state index contributed by atoms with van der Waals surface area (Å²) in [6, 6.07) is 5.32. The van der Waals surface area contributed by atoms with Crippen LogP contribution in [0.4, 0.5) is 10.8 Å². The predicted molar refractivity (Wildman–Crippen MR) is 81.3 cm³/mol. The van der Waals surface area contributed by atoms with Gasteiger partial charge in [0.15, 0.2) is 0 Å². The Morgan fingerprint density at radius 3 is 2.71 bits per heavy atom. The monoisotopic (exact) mass is 308 g/mol. The Morgan fingerprint density at radius 2 is 2.10 bits per heavy atom. The molecule has 0 unspecified atom stereocenters. The average Bonchev–Trinajstić information content (AvgIpc) is 2.90. The number of amides is 1. The second kappa shape index (κ2) is 6.89.